The van der Waals surface area contributed by atoms with Crippen molar-refractivity contribution in [1.82, 2.24) is 19.7 Å². The molecule has 3 heterocycles. The smallest absolute Gasteiger partial charge is 0.335 e. The highest BCUT2D eigenvalue weighted by molar-refractivity contribution is 8.77. The maximum absolute atomic E-state index is 11.4. The van der Waals surface area contributed by atoms with Gasteiger partial charge in [-0.05, 0) is 35.7 Å². The van der Waals surface area contributed by atoms with E-state index in [9.17, 15) is 9.90 Å². The summed E-state index contributed by atoms with van der Waals surface area (Å²) in [6.07, 6.45) is 1.44. The average Bonchev–Trinajstić information content (AvgIpc) is 3.44. The van der Waals surface area contributed by atoms with Crippen LogP contribution in [0.4, 0.5) is 5.82 Å². The first-order chi connectivity index (χ1) is 16.1. The third kappa shape index (κ3) is 4.40. The molecule has 0 spiro atoms. The van der Waals surface area contributed by atoms with Crippen LogP contribution in [0.15, 0.2) is 60.9 Å². The van der Waals surface area contributed by atoms with E-state index in [0.717, 1.165) is 16.9 Å². The summed E-state index contributed by atoms with van der Waals surface area (Å²) < 4.78 is 1.85. The van der Waals surface area contributed by atoms with E-state index >= 15 is 0 Å². The molecule has 2 aromatic heterocycles. The largest absolute Gasteiger partial charge is 0.478 e. The second-order valence-electron chi connectivity index (χ2n) is 7.56. The van der Waals surface area contributed by atoms with Gasteiger partial charge in [0, 0.05) is 22.5 Å². The fourth-order valence-electron chi connectivity index (χ4n) is 3.81. The van der Waals surface area contributed by atoms with Gasteiger partial charge in [-0.2, -0.15) is 5.10 Å². The van der Waals surface area contributed by atoms with Crippen molar-refractivity contribution >= 4 is 44.4 Å². The molecule has 5 rings (SSSR count). The lowest BCUT2D eigenvalue weighted by atomic mass is 9.95. The molecule has 164 valence electrons. The monoisotopic (exact) mass is 473 g/mol. The SMILES string of the molecule is Nc1ncnc2c1c(C#Cc1ccccc1)nn2CC1SSCC1c1cccc(C(=O)O)c1. The van der Waals surface area contributed by atoms with Crippen molar-refractivity contribution in [1.29, 1.82) is 0 Å². The summed E-state index contributed by atoms with van der Waals surface area (Å²) in [5, 5.41) is 15.0. The summed E-state index contributed by atoms with van der Waals surface area (Å²) in [5.74, 6) is 6.79. The maximum Gasteiger partial charge on any atom is 0.335 e. The van der Waals surface area contributed by atoms with E-state index in [1.807, 2.05) is 41.1 Å². The van der Waals surface area contributed by atoms with Crippen molar-refractivity contribution in [3.8, 4) is 11.8 Å². The third-order valence-electron chi connectivity index (χ3n) is 5.46. The first kappa shape index (κ1) is 21.4. The topological polar surface area (TPSA) is 107 Å². The summed E-state index contributed by atoms with van der Waals surface area (Å²) in [6, 6.07) is 16.9. The Hall–Kier alpha value is -3.48. The normalized spacial score (nSPS) is 17.6. The summed E-state index contributed by atoms with van der Waals surface area (Å²) >= 11 is 0. The number of nitrogens with two attached hydrogens (primary N) is 1. The van der Waals surface area contributed by atoms with Gasteiger partial charge >= 0.3 is 5.97 Å². The molecule has 0 saturated carbocycles. The molecule has 3 N–H and O–H groups in total. The second kappa shape index (κ2) is 9.17. The fourth-order valence-corrected chi connectivity index (χ4v) is 7.13. The number of anilines is 1. The van der Waals surface area contributed by atoms with E-state index in [0.29, 0.717) is 34.7 Å². The van der Waals surface area contributed by atoms with Crippen LogP contribution in [-0.2, 0) is 6.54 Å². The Morgan fingerprint density at radius 3 is 2.82 bits per heavy atom. The van der Waals surface area contributed by atoms with Crippen LogP contribution in [0.3, 0.4) is 0 Å². The number of benzene rings is 2. The molecule has 0 bridgehead atoms. The molecule has 2 aromatic carbocycles. The van der Waals surface area contributed by atoms with Crippen molar-refractivity contribution in [3.63, 3.8) is 0 Å². The molecule has 0 aliphatic carbocycles. The highest BCUT2D eigenvalue weighted by Crippen LogP contribution is 2.47. The Balaban J connectivity index is 1.49. The van der Waals surface area contributed by atoms with Crippen LogP contribution in [0, 0.1) is 11.8 Å². The molecule has 1 aliphatic heterocycles. The van der Waals surface area contributed by atoms with Gasteiger partial charge in [0.15, 0.2) is 5.65 Å². The van der Waals surface area contributed by atoms with Gasteiger partial charge in [0.05, 0.1) is 17.5 Å². The zero-order chi connectivity index (χ0) is 22.8. The van der Waals surface area contributed by atoms with E-state index in [1.165, 1.54) is 6.33 Å². The Morgan fingerprint density at radius 1 is 1.15 bits per heavy atom. The van der Waals surface area contributed by atoms with Crippen LogP contribution in [0.25, 0.3) is 11.0 Å². The van der Waals surface area contributed by atoms with E-state index in [1.54, 1.807) is 39.8 Å². The van der Waals surface area contributed by atoms with Gasteiger partial charge in [-0.25, -0.2) is 19.4 Å². The summed E-state index contributed by atoms with van der Waals surface area (Å²) in [6.45, 7) is 0.597. The molecule has 0 radical (unpaired) electrons. The number of nitrogens with zero attached hydrogens (tertiary/aromatic N) is 4. The van der Waals surface area contributed by atoms with Gasteiger partial charge in [-0.1, -0.05) is 57.8 Å². The van der Waals surface area contributed by atoms with Crippen LogP contribution in [0.5, 0.6) is 0 Å². The summed E-state index contributed by atoms with van der Waals surface area (Å²) in [5.41, 5.74) is 9.58. The number of nitrogen functional groups attached to an aromatic ring is 1. The number of carboxylic acids is 1. The van der Waals surface area contributed by atoms with Gasteiger partial charge in [0.1, 0.15) is 17.8 Å². The Bertz CT molecular complexity index is 1390. The molecule has 9 heteroatoms. The van der Waals surface area contributed by atoms with Gasteiger partial charge in [-0.3, -0.25) is 0 Å². The standard InChI is InChI=1S/C24H19N5O2S2/c25-22-21-19(10-9-15-5-2-1-3-6-15)28-29(23(21)27-14-26-22)12-20-18(13-32-33-20)16-7-4-8-17(11-16)24(30)31/h1-8,11,14,18,20H,12-13H2,(H,30,31)(H2,25,26,27). The minimum absolute atomic E-state index is 0.188. The first-order valence-electron chi connectivity index (χ1n) is 10.3. The predicted octanol–water partition coefficient (Wildman–Crippen LogP) is 4.05. The summed E-state index contributed by atoms with van der Waals surface area (Å²) in [4.78, 5) is 20.0. The highest BCUT2D eigenvalue weighted by Gasteiger charge is 2.32. The van der Waals surface area contributed by atoms with E-state index < -0.39 is 5.97 Å². The van der Waals surface area contributed by atoms with Gasteiger partial charge in [0.2, 0.25) is 0 Å². The number of hydrogen-bond donors (Lipinski definition) is 2. The minimum Gasteiger partial charge on any atom is -0.478 e. The number of carbonyl (C=O) groups is 1. The lowest BCUT2D eigenvalue weighted by molar-refractivity contribution is 0.0696. The predicted molar refractivity (Wildman–Crippen MR) is 132 cm³/mol. The average molecular weight is 474 g/mol. The maximum atomic E-state index is 11.4. The van der Waals surface area contributed by atoms with Crippen molar-refractivity contribution in [3.05, 3.63) is 83.3 Å². The molecular weight excluding hydrogens is 454 g/mol. The minimum atomic E-state index is -0.918. The van der Waals surface area contributed by atoms with Crippen LogP contribution in [-0.4, -0.2) is 41.8 Å². The Morgan fingerprint density at radius 2 is 2.00 bits per heavy atom. The van der Waals surface area contributed by atoms with Crippen molar-refractivity contribution < 1.29 is 9.90 Å². The number of fused-ring (bicyclic) bond motifs is 1. The molecule has 2 unspecified atom stereocenters. The number of aromatic nitrogens is 4. The van der Waals surface area contributed by atoms with Gasteiger partial charge < -0.3 is 10.8 Å². The zero-order valence-corrected chi connectivity index (χ0v) is 19.0. The van der Waals surface area contributed by atoms with Crippen molar-refractivity contribution in [2.45, 2.75) is 17.7 Å². The van der Waals surface area contributed by atoms with E-state index in [2.05, 4.69) is 21.8 Å². The van der Waals surface area contributed by atoms with E-state index in [-0.39, 0.29) is 11.2 Å². The zero-order valence-electron chi connectivity index (χ0n) is 17.4. The molecule has 0 amide bonds. The quantitative estimate of drug-likeness (QED) is 0.338. The molecule has 1 aliphatic rings. The second-order valence-corrected chi connectivity index (χ2v) is 10.2. The van der Waals surface area contributed by atoms with Crippen molar-refractivity contribution in [2.24, 2.45) is 0 Å². The molecule has 1 saturated heterocycles. The van der Waals surface area contributed by atoms with E-state index in [4.69, 9.17) is 10.8 Å². The van der Waals surface area contributed by atoms with Crippen LogP contribution in [0.1, 0.15) is 33.1 Å². The lowest BCUT2D eigenvalue weighted by Crippen LogP contribution is -2.20. The van der Waals surface area contributed by atoms with Gasteiger partial charge in [0.25, 0.3) is 0 Å². The first-order valence-corrected chi connectivity index (χ1v) is 12.6. The number of rotatable bonds is 4. The summed E-state index contributed by atoms with van der Waals surface area (Å²) in [7, 11) is 3.57. The highest BCUT2D eigenvalue weighted by atomic mass is 33.1. The molecule has 33 heavy (non-hydrogen) atoms. The molecular formula is C24H19N5O2S2. The van der Waals surface area contributed by atoms with Gasteiger partial charge in [-0.15, -0.1) is 0 Å². The molecule has 1 fully saturated rings. The molecule has 4 aromatic rings. The van der Waals surface area contributed by atoms with Crippen LogP contribution < -0.4 is 5.73 Å². The lowest BCUT2D eigenvalue weighted by Gasteiger charge is -2.18. The number of aromatic carboxylic acids is 1. The number of carboxylic acid groups (broad SMARTS) is 1. The van der Waals surface area contributed by atoms with Crippen LogP contribution in [0.2, 0.25) is 0 Å². The Kier molecular flexibility index (Phi) is 5.94. The van der Waals surface area contributed by atoms with Crippen LogP contribution >= 0.6 is 21.6 Å². The fraction of sp³-hybridized carbons (Fsp3) is 0.167. The number of hydrogen-bond acceptors (Lipinski definition) is 7. The molecule has 7 nitrogen and oxygen atoms in total. The van der Waals surface area contributed by atoms with Crippen molar-refractivity contribution in [2.75, 3.05) is 11.5 Å². The Labute approximate surface area is 198 Å². The molecule has 2 atom stereocenters. The third-order valence-corrected chi connectivity index (χ3v) is 8.37.